The first-order valence-electron chi connectivity index (χ1n) is 13.4. The van der Waals surface area contributed by atoms with Crippen molar-refractivity contribution >= 4 is 23.6 Å². The molecule has 1 saturated heterocycles. The number of nitrogens with two attached hydrogens (primary N) is 1. The molecule has 0 bridgehead atoms. The van der Waals surface area contributed by atoms with Crippen molar-refractivity contribution in [1.82, 2.24) is 20.9 Å². The number of benzene rings is 2. The van der Waals surface area contributed by atoms with Crippen LogP contribution in [0.3, 0.4) is 0 Å². The molecule has 12 heteroatoms. The summed E-state index contributed by atoms with van der Waals surface area (Å²) in [6, 6.07) is 9.88. The Bertz CT molecular complexity index is 1330. The molecule has 0 spiro atoms. The summed E-state index contributed by atoms with van der Waals surface area (Å²) in [5.74, 6) is -3.70. The highest BCUT2D eigenvalue weighted by atomic mass is 19.2. The van der Waals surface area contributed by atoms with E-state index in [2.05, 4.69) is 26.9 Å². The molecule has 41 heavy (non-hydrogen) atoms. The van der Waals surface area contributed by atoms with Crippen LogP contribution in [0.4, 0.5) is 19.3 Å². The van der Waals surface area contributed by atoms with E-state index in [1.165, 1.54) is 12.7 Å². The molecule has 2 heterocycles. The fourth-order valence-electron chi connectivity index (χ4n) is 5.51. The summed E-state index contributed by atoms with van der Waals surface area (Å²) in [4.78, 5) is 41.9. The maximum atomic E-state index is 14.4. The summed E-state index contributed by atoms with van der Waals surface area (Å²) in [5, 5.41) is 7.71. The largest absolute Gasteiger partial charge is 0.466 e. The minimum Gasteiger partial charge on any atom is -0.466 e. The first kappa shape index (κ1) is 29.9. The average Bonchev–Trinajstić information content (AvgIpc) is 2.96. The van der Waals surface area contributed by atoms with Gasteiger partial charge < -0.3 is 36.1 Å². The number of hydrogen-bond donors (Lipinski definition) is 4. The van der Waals surface area contributed by atoms with Crippen LogP contribution in [0.1, 0.15) is 36.3 Å². The molecule has 1 atom stereocenters. The van der Waals surface area contributed by atoms with E-state index < -0.39 is 35.1 Å². The van der Waals surface area contributed by atoms with Crippen LogP contribution in [-0.2, 0) is 24.6 Å². The summed E-state index contributed by atoms with van der Waals surface area (Å²) >= 11 is 0. The number of urea groups is 1. The van der Waals surface area contributed by atoms with Crippen LogP contribution in [0.15, 0.2) is 53.7 Å². The zero-order valence-electron chi connectivity index (χ0n) is 23.1. The summed E-state index contributed by atoms with van der Waals surface area (Å²) < 4.78 is 38.3. The lowest BCUT2D eigenvalue weighted by Crippen LogP contribution is -2.64. The van der Waals surface area contributed by atoms with Crippen molar-refractivity contribution in [3.05, 3.63) is 76.5 Å². The van der Waals surface area contributed by atoms with Crippen LogP contribution >= 0.6 is 0 Å². The number of nitrogens with one attached hydrogen (secondary N) is 3. The number of carbonyl (C=O) groups excluding carboxylic acids is 3. The third kappa shape index (κ3) is 6.49. The number of halogens is 2. The van der Waals surface area contributed by atoms with Crippen LogP contribution in [0.2, 0.25) is 0 Å². The molecule has 3 amide bonds. The first-order valence-corrected chi connectivity index (χ1v) is 13.4. The van der Waals surface area contributed by atoms with Crippen LogP contribution < -0.4 is 21.7 Å². The predicted molar refractivity (Wildman–Crippen MR) is 148 cm³/mol. The molecule has 0 aromatic heterocycles. The van der Waals surface area contributed by atoms with Gasteiger partial charge in [0.2, 0.25) is 0 Å². The van der Waals surface area contributed by atoms with Gasteiger partial charge in [0.05, 0.1) is 25.0 Å². The number of amides is 3. The number of carbonyl (C=O) groups is 3. The predicted octanol–water partition coefficient (Wildman–Crippen LogP) is 2.51. The van der Waals surface area contributed by atoms with Crippen molar-refractivity contribution in [3.8, 4) is 0 Å². The maximum absolute atomic E-state index is 14.4. The number of methoxy groups -OCH3 is 2. The molecule has 0 radical (unpaired) electrons. The molecule has 0 unspecified atom stereocenters. The van der Waals surface area contributed by atoms with E-state index in [4.69, 9.17) is 15.2 Å². The van der Waals surface area contributed by atoms with E-state index in [0.717, 1.165) is 56.9 Å². The number of nitrogens with zero attached hydrogens (tertiary/aromatic N) is 1. The maximum Gasteiger partial charge on any atom is 0.338 e. The fourth-order valence-corrected chi connectivity index (χ4v) is 5.51. The van der Waals surface area contributed by atoms with E-state index in [9.17, 15) is 23.2 Å². The molecule has 5 N–H and O–H groups in total. The minimum atomic E-state index is -2.20. The van der Waals surface area contributed by atoms with Gasteiger partial charge in [-0.15, -0.1) is 0 Å². The highest BCUT2D eigenvalue weighted by Crippen LogP contribution is 2.36. The lowest BCUT2D eigenvalue weighted by Gasteiger charge is -2.39. The second kappa shape index (κ2) is 13.1. The van der Waals surface area contributed by atoms with E-state index >= 15 is 0 Å². The van der Waals surface area contributed by atoms with Gasteiger partial charge in [0.15, 0.2) is 17.2 Å². The monoisotopic (exact) mass is 571 g/mol. The summed E-state index contributed by atoms with van der Waals surface area (Å²) in [5.41, 5.74) is 5.25. The Morgan fingerprint density at radius 1 is 1.12 bits per heavy atom. The van der Waals surface area contributed by atoms with Crippen LogP contribution in [0.25, 0.3) is 0 Å². The van der Waals surface area contributed by atoms with Gasteiger partial charge in [0.1, 0.15) is 0 Å². The number of hydrogen-bond acceptors (Lipinski definition) is 7. The standard InChI is InChI=1S/C29H35F2N5O5/c1-40-17-24-25(26(37)41-2)29(35-28(39)34-24,20-7-8-22(30)23(31)16-20)27(38)33-11-4-12-36-13-9-18(10-14-36)19-5-3-6-21(32)15-19/h3,5-8,15-16,18H,4,9-14,17,32H2,1-2H3,(H,33,38)(H2,34,35,39)/t29-/m0/s1. The lowest BCUT2D eigenvalue weighted by molar-refractivity contribution is -0.140. The third-order valence-corrected chi connectivity index (χ3v) is 7.52. The molecule has 2 aliphatic heterocycles. The number of ether oxygens (including phenoxy) is 2. The zero-order chi connectivity index (χ0) is 29.6. The molecule has 1 fully saturated rings. The Morgan fingerprint density at radius 3 is 2.54 bits per heavy atom. The third-order valence-electron chi connectivity index (χ3n) is 7.52. The summed E-state index contributed by atoms with van der Waals surface area (Å²) in [7, 11) is 2.45. The fraction of sp³-hybridized carbons (Fsp3) is 0.414. The molecule has 10 nitrogen and oxygen atoms in total. The second-order valence-electron chi connectivity index (χ2n) is 10.1. The molecule has 2 aromatic carbocycles. The molecule has 220 valence electrons. The molecule has 2 aliphatic rings. The summed E-state index contributed by atoms with van der Waals surface area (Å²) in [6.45, 7) is 2.45. The Kier molecular flexibility index (Phi) is 9.56. The van der Waals surface area contributed by atoms with Crippen molar-refractivity contribution in [2.24, 2.45) is 0 Å². The molecule has 0 saturated carbocycles. The smallest absolute Gasteiger partial charge is 0.338 e. The molecular formula is C29H35F2N5O5. The highest BCUT2D eigenvalue weighted by Gasteiger charge is 2.53. The summed E-state index contributed by atoms with van der Waals surface area (Å²) in [6.07, 6.45) is 2.56. The Morgan fingerprint density at radius 2 is 1.88 bits per heavy atom. The Hall–Kier alpha value is -4.03. The first-order chi connectivity index (χ1) is 19.7. The number of likely N-dealkylation sites (tertiary alicyclic amines) is 1. The number of esters is 1. The highest BCUT2D eigenvalue weighted by molar-refractivity contribution is 6.08. The lowest BCUT2D eigenvalue weighted by atomic mass is 9.79. The van der Waals surface area contributed by atoms with Crippen molar-refractivity contribution < 1.29 is 32.6 Å². The molecule has 2 aromatic rings. The van der Waals surface area contributed by atoms with Gasteiger partial charge in [-0.05, 0) is 80.2 Å². The normalized spacial score (nSPS) is 19.9. The Labute approximate surface area is 237 Å². The van der Waals surface area contributed by atoms with Gasteiger partial charge in [-0.1, -0.05) is 18.2 Å². The number of nitrogen functional groups attached to an aromatic ring is 1. The topological polar surface area (TPSA) is 135 Å². The molecule has 4 rings (SSSR count). The average molecular weight is 572 g/mol. The van der Waals surface area contributed by atoms with Crippen molar-refractivity contribution in [2.75, 3.05) is 52.7 Å². The number of anilines is 1. The van der Waals surface area contributed by atoms with Gasteiger partial charge in [-0.25, -0.2) is 18.4 Å². The zero-order valence-corrected chi connectivity index (χ0v) is 23.1. The van der Waals surface area contributed by atoms with E-state index in [-0.39, 0.29) is 30.0 Å². The van der Waals surface area contributed by atoms with Gasteiger partial charge in [0.25, 0.3) is 5.91 Å². The van der Waals surface area contributed by atoms with E-state index in [1.54, 1.807) is 0 Å². The molecular weight excluding hydrogens is 536 g/mol. The molecule has 0 aliphatic carbocycles. The van der Waals surface area contributed by atoms with Crippen LogP contribution in [0, 0.1) is 11.6 Å². The van der Waals surface area contributed by atoms with Crippen LogP contribution in [0.5, 0.6) is 0 Å². The second-order valence-corrected chi connectivity index (χ2v) is 10.1. The van der Waals surface area contributed by atoms with Crippen molar-refractivity contribution in [3.63, 3.8) is 0 Å². The van der Waals surface area contributed by atoms with Crippen LogP contribution in [-0.4, -0.2) is 69.8 Å². The number of rotatable bonds is 10. The van der Waals surface area contributed by atoms with Gasteiger partial charge in [-0.3, -0.25) is 4.79 Å². The van der Waals surface area contributed by atoms with E-state index in [0.29, 0.717) is 18.9 Å². The SMILES string of the molecule is COCC1=C(C(=O)OC)[C@](C(=O)NCCCN2CCC(c3cccc(N)c3)CC2)(c2ccc(F)c(F)c2)NC(=O)N1. The minimum absolute atomic E-state index is 0.0361. The Balaban J connectivity index is 1.49. The quantitative estimate of drug-likeness (QED) is 0.196. The van der Waals surface area contributed by atoms with E-state index in [1.807, 2.05) is 18.2 Å². The van der Waals surface area contributed by atoms with Gasteiger partial charge in [0, 0.05) is 19.3 Å². The van der Waals surface area contributed by atoms with Gasteiger partial charge in [-0.2, -0.15) is 0 Å². The van der Waals surface area contributed by atoms with Gasteiger partial charge >= 0.3 is 12.0 Å². The van der Waals surface area contributed by atoms with Crippen molar-refractivity contribution in [2.45, 2.75) is 30.7 Å². The number of piperidine rings is 1. The van der Waals surface area contributed by atoms with Crippen molar-refractivity contribution in [1.29, 1.82) is 0 Å².